The highest BCUT2D eigenvalue weighted by Crippen LogP contribution is 2.12. The lowest BCUT2D eigenvalue weighted by Crippen LogP contribution is -1.90. The van der Waals surface area contributed by atoms with Crippen LogP contribution in [0.25, 0.3) is 10.4 Å². The summed E-state index contributed by atoms with van der Waals surface area (Å²) in [6.45, 7) is 1.49. The van der Waals surface area contributed by atoms with Gasteiger partial charge in [0.25, 0.3) is 0 Å². The topological polar surface area (TPSA) is 48.8 Å². The van der Waals surface area contributed by atoms with Gasteiger partial charge < -0.3 is 0 Å². The number of azide groups is 1. The van der Waals surface area contributed by atoms with Crippen LogP contribution in [0.2, 0.25) is 0 Å². The molecule has 0 fully saturated rings. The molecule has 0 aromatic heterocycles. The molecule has 0 saturated heterocycles. The molecule has 0 unspecified atom stereocenters. The highest BCUT2D eigenvalue weighted by molar-refractivity contribution is 5.38. The molecule has 1 rings (SSSR count). The van der Waals surface area contributed by atoms with Gasteiger partial charge in [-0.25, -0.2) is 8.78 Å². The average Bonchev–Trinajstić information content (AvgIpc) is 2.20. The van der Waals surface area contributed by atoms with Crippen molar-refractivity contribution in [1.82, 2.24) is 0 Å². The minimum absolute atomic E-state index is 0.0354. The highest BCUT2D eigenvalue weighted by Gasteiger charge is 2.04. The molecule has 3 nitrogen and oxygen atoms in total. The number of halogens is 2. The molecule has 0 spiro atoms. The summed E-state index contributed by atoms with van der Waals surface area (Å²) in [5.41, 5.74) is 8.39. The van der Waals surface area contributed by atoms with Gasteiger partial charge in [0.1, 0.15) is 11.6 Å². The van der Waals surface area contributed by atoms with Gasteiger partial charge in [-0.05, 0) is 24.1 Å². The number of hydrogen-bond acceptors (Lipinski definition) is 1. The Kier molecular flexibility index (Phi) is 3.67. The molecule has 0 radical (unpaired) electrons. The summed E-state index contributed by atoms with van der Waals surface area (Å²) < 4.78 is 25.9. The average molecular weight is 207 g/mol. The third-order valence-electron chi connectivity index (χ3n) is 1.68. The van der Waals surface area contributed by atoms with E-state index < -0.39 is 11.6 Å². The van der Waals surface area contributed by atoms with Crippen LogP contribution in [0.15, 0.2) is 17.2 Å². The van der Waals surface area contributed by atoms with E-state index >= 15 is 0 Å². The summed E-state index contributed by atoms with van der Waals surface area (Å²) in [6.07, 6.45) is 0. The Balaban J connectivity index is 2.98. The molecular formula is C10H7F2N3. The second-order valence-corrected chi connectivity index (χ2v) is 2.77. The van der Waals surface area contributed by atoms with Gasteiger partial charge in [0.05, 0.1) is 12.1 Å². The van der Waals surface area contributed by atoms with Crippen molar-refractivity contribution in [2.75, 3.05) is 6.54 Å². The van der Waals surface area contributed by atoms with Gasteiger partial charge in [0, 0.05) is 11.0 Å². The van der Waals surface area contributed by atoms with Crippen LogP contribution in [0.4, 0.5) is 8.78 Å². The zero-order valence-corrected chi connectivity index (χ0v) is 7.96. The predicted molar refractivity (Wildman–Crippen MR) is 52.0 cm³/mol. The number of aryl methyl sites for hydroxylation is 1. The molecule has 0 bridgehead atoms. The Labute approximate surface area is 85.4 Å². The molecule has 0 heterocycles. The van der Waals surface area contributed by atoms with Crippen LogP contribution >= 0.6 is 0 Å². The SMILES string of the molecule is Cc1cc(C#CCN=[N+]=[N-])c(F)cc1F. The smallest absolute Gasteiger partial charge is 0.141 e. The van der Waals surface area contributed by atoms with Crippen molar-refractivity contribution < 1.29 is 8.78 Å². The maximum Gasteiger partial charge on any atom is 0.141 e. The summed E-state index contributed by atoms with van der Waals surface area (Å²) in [5.74, 6) is 3.60. The Bertz CT molecular complexity index is 479. The first-order valence-electron chi connectivity index (χ1n) is 4.10. The Hall–Kier alpha value is -2.05. The minimum atomic E-state index is -0.716. The van der Waals surface area contributed by atoms with E-state index in [-0.39, 0.29) is 12.1 Å². The monoisotopic (exact) mass is 207 g/mol. The van der Waals surface area contributed by atoms with Gasteiger partial charge in [-0.2, -0.15) is 0 Å². The van der Waals surface area contributed by atoms with Gasteiger partial charge in [0.15, 0.2) is 0 Å². The number of rotatable bonds is 1. The summed E-state index contributed by atoms with van der Waals surface area (Å²) >= 11 is 0. The van der Waals surface area contributed by atoms with Crippen molar-refractivity contribution in [3.05, 3.63) is 45.3 Å². The van der Waals surface area contributed by atoms with E-state index in [1.54, 1.807) is 0 Å². The van der Waals surface area contributed by atoms with Crippen LogP contribution < -0.4 is 0 Å². The van der Waals surface area contributed by atoms with Gasteiger partial charge >= 0.3 is 0 Å². The van der Waals surface area contributed by atoms with E-state index in [2.05, 4.69) is 21.9 Å². The molecule has 0 saturated carbocycles. The van der Waals surface area contributed by atoms with Crippen molar-refractivity contribution >= 4 is 0 Å². The van der Waals surface area contributed by atoms with Crippen LogP contribution in [-0.4, -0.2) is 6.54 Å². The standard InChI is InChI=1S/C10H7F2N3/c1-7-5-8(3-2-4-14-15-13)10(12)6-9(7)11/h5-6H,4H2,1H3. The van der Waals surface area contributed by atoms with E-state index in [1.807, 2.05) is 0 Å². The molecule has 0 N–H and O–H groups in total. The largest absolute Gasteiger partial charge is 0.207 e. The molecule has 0 atom stereocenters. The summed E-state index contributed by atoms with van der Waals surface area (Å²) in [5, 5.41) is 3.17. The third kappa shape index (κ3) is 2.97. The van der Waals surface area contributed by atoms with Crippen molar-refractivity contribution in [2.24, 2.45) is 5.11 Å². The van der Waals surface area contributed by atoms with Crippen LogP contribution in [0.1, 0.15) is 11.1 Å². The van der Waals surface area contributed by atoms with Crippen LogP contribution in [0.5, 0.6) is 0 Å². The van der Waals surface area contributed by atoms with Crippen LogP contribution in [-0.2, 0) is 0 Å². The number of nitrogens with zero attached hydrogens (tertiary/aromatic N) is 3. The first-order chi connectivity index (χ1) is 7.15. The Morgan fingerprint density at radius 1 is 1.40 bits per heavy atom. The maximum absolute atomic E-state index is 13.1. The number of benzene rings is 1. The summed E-state index contributed by atoms with van der Waals surface area (Å²) in [6, 6.07) is 2.10. The molecule has 0 amide bonds. The fourth-order valence-corrected chi connectivity index (χ4v) is 0.955. The quantitative estimate of drug-likeness (QED) is 0.294. The molecular weight excluding hydrogens is 200 g/mol. The van der Waals surface area contributed by atoms with Crippen molar-refractivity contribution in [1.29, 1.82) is 0 Å². The normalized spacial score (nSPS) is 8.73. The van der Waals surface area contributed by atoms with E-state index in [9.17, 15) is 8.78 Å². The molecule has 0 aliphatic heterocycles. The molecule has 1 aromatic rings. The maximum atomic E-state index is 13.1. The van der Waals surface area contributed by atoms with Gasteiger partial charge in [-0.15, -0.1) is 0 Å². The summed E-state index contributed by atoms with van der Waals surface area (Å²) in [4.78, 5) is 2.49. The van der Waals surface area contributed by atoms with Crippen molar-refractivity contribution in [2.45, 2.75) is 6.92 Å². The van der Waals surface area contributed by atoms with Crippen molar-refractivity contribution in [3.63, 3.8) is 0 Å². The lowest BCUT2D eigenvalue weighted by Gasteiger charge is -1.98. The lowest BCUT2D eigenvalue weighted by atomic mass is 10.1. The zero-order valence-electron chi connectivity index (χ0n) is 7.96. The van der Waals surface area contributed by atoms with E-state index in [4.69, 9.17) is 5.53 Å². The van der Waals surface area contributed by atoms with Gasteiger partial charge in [0.2, 0.25) is 0 Å². The first kappa shape index (κ1) is 11.0. The molecule has 15 heavy (non-hydrogen) atoms. The van der Waals surface area contributed by atoms with Crippen LogP contribution in [0.3, 0.4) is 0 Å². The molecule has 1 aromatic carbocycles. The molecule has 5 heteroatoms. The number of hydrogen-bond donors (Lipinski definition) is 0. The van der Waals surface area contributed by atoms with Gasteiger partial charge in [-0.3, -0.25) is 0 Å². The molecule has 76 valence electrons. The fourth-order valence-electron chi connectivity index (χ4n) is 0.955. The van der Waals surface area contributed by atoms with E-state index in [1.165, 1.54) is 13.0 Å². The van der Waals surface area contributed by atoms with Crippen molar-refractivity contribution in [3.8, 4) is 11.8 Å². The minimum Gasteiger partial charge on any atom is -0.207 e. The van der Waals surface area contributed by atoms with E-state index in [0.29, 0.717) is 5.56 Å². The van der Waals surface area contributed by atoms with E-state index in [0.717, 1.165) is 6.07 Å². The summed E-state index contributed by atoms with van der Waals surface area (Å²) in [7, 11) is 0. The second-order valence-electron chi connectivity index (χ2n) is 2.77. The van der Waals surface area contributed by atoms with Gasteiger partial charge in [-0.1, -0.05) is 17.0 Å². The molecule has 0 aliphatic rings. The third-order valence-corrected chi connectivity index (χ3v) is 1.68. The van der Waals surface area contributed by atoms with Crippen LogP contribution in [0, 0.1) is 30.4 Å². The Morgan fingerprint density at radius 3 is 2.80 bits per heavy atom. The fraction of sp³-hybridized carbons (Fsp3) is 0.200. The molecule has 0 aliphatic carbocycles. The zero-order chi connectivity index (χ0) is 11.3. The Morgan fingerprint density at radius 2 is 2.13 bits per heavy atom. The predicted octanol–water partition coefficient (Wildman–Crippen LogP) is 2.94. The second kappa shape index (κ2) is 4.99. The highest BCUT2D eigenvalue weighted by atomic mass is 19.1. The first-order valence-corrected chi connectivity index (χ1v) is 4.10. The lowest BCUT2D eigenvalue weighted by molar-refractivity contribution is 0.575.